The molecule has 4 rings (SSSR count). The van der Waals surface area contributed by atoms with E-state index < -0.39 is 82.6 Å². The Hall–Kier alpha value is -3.75. The van der Waals surface area contributed by atoms with Gasteiger partial charge >= 0.3 is 0 Å². The van der Waals surface area contributed by atoms with E-state index >= 15 is 0 Å². The lowest BCUT2D eigenvalue weighted by Crippen LogP contribution is -2.60. The quantitative estimate of drug-likeness (QED) is 0.208. The highest BCUT2D eigenvalue weighted by Crippen LogP contribution is 2.44. The summed E-state index contributed by atoms with van der Waals surface area (Å²) >= 11 is 0. The van der Waals surface area contributed by atoms with E-state index in [4.69, 9.17) is 13.9 Å². The summed E-state index contributed by atoms with van der Waals surface area (Å²) in [6.45, 7) is -0.755. The number of fused-ring (bicyclic) bond motifs is 1. The van der Waals surface area contributed by atoms with Crippen LogP contribution >= 0.6 is 0 Å². The van der Waals surface area contributed by atoms with Gasteiger partial charge in [0.1, 0.15) is 41.1 Å². The van der Waals surface area contributed by atoms with Crippen molar-refractivity contribution in [3.8, 4) is 45.8 Å². The summed E-state index contributed by atoms with van der Waals surface area (Å²) in [7, 11) is 0. The summed E-state index contributed by atoms with van der Waals surface area (Å²) in [6.07, 6.45) is -8.48. The van der Waals surface area contributed by atoms with Gasteiger partial charge < -0.3 is 59.8 Å². The molecule has 3 aromatic rings. The molecule has 9 N–H and O–H groups in total. The third-order valence-corrected chi connectivity index (χ3v) is 5.36. The average Bonchev–Trinajstić information content (AvgIpc) is 2.79. The van der Waals surface area contributed by atoms with Gasteiger partial charge in [-0.2, -0.15) is 0 Å². The van der Waals surface area contributed by atoms with Gasteiger partial charge in [-0.3, -0.25) is 4.79 Å². The fraction of sp³-hybridized carbons (Fsp3) is 0.286. The van der Waals surface area contributed by atoms with E-state index in [9.17, 15) is 50.8 Å². The molecule has 13 heteroatoms. The molecule has 5 atom stereocenters. The van der Waals surface area contributed by atoms with Crippen LogP contribution in [0.25, 0.3) is 22.3 Å². The maximum atomic E-state index is 12.9. The summed E-state index contributed by atoms with van der Waals surface area (Å²) in [4.78, 5) is 12.9. The van der Waals surface area contributed by atoms with Gasteiger partial charge in [0.25, 0.3) is 0 Å². The molecule has 0 aliphatic carbocycles. The maximum absolute atomic E-state index is 12.9. The average molecular weight is 480 g/mol. The Bertz CT molecular complexity index is 1280. The molecule has 0 bridgehead atoms. The Morgan fingerprint density at radius 3 is 2.06 bits per heavy atom. The molecule has 1 aliphatic rings. The molecule has 0 saturated carbocycles. The molecule has 182 valence electrons. The Labute approximate surface area is 189 Å². The topological polar surface area (TPSA) is 231 Å². The molecule has 1 aliphatic heterocycles. The molecule has 2 heterocycles. The summed E-state index contributed by atoms with van der Waals surface area (Å²) in [6, 6.07) is 3.80. The first-order chi connectivity index (χ1) is 16.0. The molecule has 13 nitrogen and oxygen atoms in total. The van der Waals surface area contributed by atoms with Crippen LogP contribution in [0.5, 0.6) is 34.5 Å². The lowest BCUT2D eigenvalue weighted by Gasteiger charge is -2.39. The Balaban J connectivity index is 1.82. The van der Waals surface area contributed by atoms with Crippen molar-refractivity contribution in [2.75, 3.05) is 6.61 Å². The normalized spacial score (nSPS) is 24.9. The summed E-state index contributed by atoms with van der Waals surface area (Å²) < 4.78 is 16.2. The standard InChI is InChI=1S/C21H20O13/c22-5-13-17(29)18(30)19(31)21(33-13)34-20-14-7(23)3-11(32-12(14)4-10(26)16(20)28)6-1-8(24)15(27)9(25)2-6/h1-4,13,17-19,21-22,24-31H,5H2/t13?,17-,18+,19?,21+/m1/s1. The summed E-state index contributed by atoms with van der Waals surface area (Å²) in [5.41, 5.74) is -1.18. The Morgan fingerprint density at radius 2 is 1.44 bits per heavy atom. The van der Waals surface area contributed by atoms with Crippen molar-refractivity contribution in [2.45, 2.75) is 30.7 Å². The predicted octanol–water partition coefficient (Wildman–Crippen LogP) is -0.833. The van der Waals surface area contributed by atoms with Crippen LogP contribution in [0.3, 0.4) is 0 Å². The molecule has 34 heavy (non-hydrogen) atoms. The zero-order valence-electron chi connectivity index (χ0n) is 17.1. The highest BCUT2D eigenvalue weighted by Gasteiger charge is 2.45. The first kappa shape index (κ1) is 23.4. The number of aliphatic hydroxyl groups excluding tert-OH is 4. The van der Waals surface area contributed by atoms with Crippen molar-refractivity contribution in [1.82, 2.24) is 0 Å². The fourth-order valence-corrected chi connectivity index (χ4v) is 3.55. The highest BCUT2D eigenvalue weighted by atomic mass is 16.7. The number of hydrogen-bond acceptors (Lipinski definition) is 13. The van der Waals surface area contributed by atoms with Gasteiger partial charge in [-0.1, -0.05) is 0 Å². The van der Waals surface area contributed by atoms with Gasteiger partial charge in [0.15, 0.2) is 34.2 Å². The van der Waals surface area contributed by atoms with Crippen molar-refractivity contribution in [3.63, 3.8) is 0 Å². The van der Waals surface area contributed by atoms with E-state index in [0.29, 0.717) is 0 Å². The second-order valence-corrected chi connectivity index (χ2v) is 7.60. The zero-order valence-corrected chi connectivity index (χ0v) is 17.1. The van der Waals surface area contributed by atoms with E-state index in [0.717, 1.165) is 24.3 Å². The van der Waals surface area contributed by atoms with Gasteiger partial charge in [0.05, 0.1) is 6.61 Å². The SMILES string of the molecule is O=c1cc(-c2cc(O)c(O)c(O)c2)oc2cc(O)c(O)c(O[C@@H]3OC(CO)[C@@H](O)[C@H](O)C3O)c12. The number of rotatable bonds is 4. The minimum absolute atomic E-state index is 0.0178. The van der Waals surface area contributed by atoms with E-state index in [2.05, 4.69) is 0 Å². The number of phenols is 5. The Morgan fingerprint density at radius 1 is 0.824 bits per heavy atom. The number of aromatic hydroxyl groups is 5. The lowest BCUT2D eigenvalue weighted by atomic mass is 9.99. The molecule has 0 spiro atoms. The molecule has 1 aromatic heterocycles. The van der Waals surface area contributed by atoms with Gasteiger partial charge in [-0.15, -0.1) is 0 Å². The summed E-state index contributed by atoms with van der Waals surface area (Å²) in [5, 5.41) is 88.3. The predicted molar refractivity (Wildman–Crippen MR) is 111 cm³/mol. The second kappa shape index (κ2) is 8.55. The van der Waals surface area contributed by atoms with Gasteiger partial charge in [0.2, 0.25) is 12.0 Å². The zero-order chi connectivity index (χ0) is 24.9. The fourth-order valence-electron chi connectivity index (χ4n) is 3.55. The van der Waals surface area contributed by atoms with E-state index in [1.807, 2.05) is 0 Å². The monoisotopic (exact) mass is 480 g/mol. The molecule has 0 amide bonds. The van der Waals surface area contributed by atoms with Gasteiger partial charge in [-0.05, 0) is 12.1 Å². The van der Waals surface area contributed by atoms with Crippen LogP contribution in [0.15, 0.2) is 33.5 Å². The third kappa shape index (κ3) is 3.81. The summed E-state index contributed by atoms with van der Waals surface area (Å²) in [5.74, 6) is -4.79. The van der Waals surface area contributed by atoms with Crippen molar-refractivity contribution < 1.29 is 59.8 Å². The van der Waals surface area contributed by atoms with Crippen LogP contribution in [0.1, 0.15) is 0 Å². The molecular formula is C21H20O13. The van der Waals surface area contributed by atoms with E-state index in [1.54, 1.807) is 0 Å². The van der Waals surface area contributed by atoms with Crippen LogP contribution in [0.4, 0.5) is 0 Å². The van der Waals surface area contributed by atoms with Crippen molar-refractivity contribution in [3.05, 3.63) is 34.5 Å². The largest absolute Gasteiger partial charge is 0.504 e. The van der Waals surface area contributed by atoms with Crippen LogP contribution in [-0.2, 0) is 4.74 Å². The van der Waals surface area contributed by atoms with Gasteiger partial charge in [0, 0.05) is 17.7 Å². The second-order valence-electron chi connectivity index (χ2n) is 7.60. The molecule has 2 unspecified atom stereocenters. The number of ether oxygens (including phenoxy) is 2. The number of benzene rings is 2. The van der Waals surface area contributed by atoms with Crippen LogP contribution in [-0.4, -0.2) is 83.3 Å². The molecule has 1 fully saturated rings. The van der Waals surface area contributed by atoms with E-state index in [1.165, 1.54) is 0 Å². The van der Waals surface area contributed by atoms with Crippen molar-refractivity contribution >= 4 is 11.0 Å². The maximum Gasteiger partial charge on any atom is 0.229 e. The van der Waals surface area contributed by atoms with Crippen LogP contribution in [0, 0.1) is 0 Å². The van der Waals surface area contributed by atoms with Crippen LogP contribution < -0.4 is 10.2 Å². The molecule has 1 saturated heterocycles. The molecule has 0 radical (unpaired) electrons. The first-order valence-corrected chi connectivity index (χ1v) is 9.78. The van der Waals surface area contributed by atoms with Crippen molar-refractivity contribution in [1.29, 1.82) is 0 Å². The Kier molecular flexibility index (Phi) is 5.89. The third-order valence-electron chi connectivity index (χ3n) is 5.36. The minimum atomic E-state index is -1.87. The highest BCUT2D eigenvalue weighted by molar-refractivity contribution is 5.89. The first-order valence-electron chi connectivity index (χ1n) is 9.78. The van der Waals surface area contributed by atoms with Crippen molar-refractivity contribution in [2.24, 2.45) is 0 Å². The smallest absolute Gasteiger partial charge is 0.229 e. The number of aliphatic hydroxyl groups is 4. The van der Waals surface area contributed by atoms with Crippen LogP contribution in [0.2, 0.25) is 0 Å². The van der Waals surface area contributed by atoms with E-state index in [-0.39, 0.29) is 16.9 Å². The van der Waals surface area contributed by atoms with Gasteiger partial charge in [-0.25, -0.2) is 0 Å². The minimum Gasteiger partial charge on any atom is -0.504 e. The molecule has 2 aromatic carbocycles. The number of phenolic OH excluding ortho intramolecular Hbond substituents is 5. The number of hydrogen-bond donors (Lipinski definition) is 9. The lowest BCUT2D eigenvalue weighted by molar-refractivity contribution is -0.277. The molecular weight excluding hydrogens is 460 g/mol.